The zero-order valence-electron chi connectivity index (χ0n) is 7.84. The van der Waals surface area contributed by atoms with Crippen molar-refractivity contribution < 1.29 is 18.2 Å². The third-order valence-electron chi connectivity index (χ3n) is 1.73. The molecule has 0 aliphatic rings. The number of rotatable bonds is 3. The Hall–Kier alpha value is -0.480. The summed E-state index contributed by atoms with van der Waals surface area (Å²) < 4.78 is 27.3. The Morgan fingerprint density at radius 3 is 2.50 bits per heavy atom. The van der Waals surface area contributed by atoms with Gasteiger partial charge < -0.3 is 9.42 Å². The van der Waals surface area contributed by atoms with Gasteiger partial charge in [0.15, 0.2) is 0 Å². The molecule has 1 aromatic rings. The van der Waals surface area contributed by atoms with Crippen LogP contribution in [0.4, 0.5) is 0 Å². The van der Waals surface area contributed by atoms with Gasteiger partial charge in [-0.1, -0.05) is 12.1 Å². The fourth-order valence-corrected chi connectivity index (χ4v) is 3.22. The summed E-state index contributed by atoms with van der Waals surface area (Å²) >= 11 is 0. The van der Waals surface area contributed by atoms with Gasteiger partial charge in [0.2, 0.25) is 0 Å². The molecule has 1 aromatic carbocycles. The Labute approximate surface area is 84.9 Å². The molecule has 2 unspecified atom stereocenters. The first kappa shape index (κ1) is 11.6. The van der Waals surface area contributed by atoms with Crippen molar-refractivity contribution in [1.82, 2.24) is 0 Å². The average molecular weight is 234 g/mol. The summed E-state index contributed by atoms with van der Waals surface area (Å²) in [5.41, 5.74) is 0. The Morgan fingerprint density at radius 1 is 1.43 bits per heavy atom. The van der Waals surface area contributed by atoms with E-state index in [1.165, 1.54) is 12.3 Å². The quantitative estimate of drug-likeness (QED) is 0.788. The molecule has 0 fully saturated rings. The van der Waals surface area contributed by atoms with Crippen LogP contribution >= 0.6 is 7.60 Å². The fraction of sp³-hybridized carbons (Fsp3) is 0.250. The first-order valence-electron chi connectivity index (χ1n) is 3.80. The molecule has 0 saturated heterocycles. The Morgan fingerprint density at radius 2 is 2.00 bits per heavy atom. The monoisotopic (exact) mass is 234 g/mol. The Balaban J connectivity index is 3.34. The minimum Gasteiger partial charge on any atom is -0.321 e. The van der Waals surface area contributed by atoms with Crippen LogP contribution in [0.15, 0.2) is 29.2 Å². The lowest BCUT2D eigenvalue weighted by atomic mass is 10.4. The first-order valence-corrected chi connectivity index (χ1v) is 6.94. The average Bonchev–Trinajstić information content (AvgIpc) is 2.18. The molecule has 0 heterocycles. The van der Waals surface area contributed by atoms with E-state index in [9.17, 15) is 13.7 Å². The van der Waals surface area contributed by atoms with Crippen molar-refractivity contribution in [2.45, 2.75) is 4.90 Å². The second kappa shape index (κ2) is 4.36. The minimum atomic E-state index is -3.81. The highest BCUT2D eigenvalue weighted by molar-refractivity contribution is 7.85. The van der Waals surface area contributed by atoms with Crippen LogP contribution in [0.1, 0.15) is 0 Å². The zero-order chi connectivity index (χ0) is 10.8. The van der Waals surface area contributed by atoms with Crippen molar-refractivity contribution in [3.63, 3.8) is 0 Å². The van der Waals surface area contributed by atoms with E-state index >= 15 is 0 Å². The maximum Gasteiger partial charge on any atom is 0.359 e. The topological polar surface area (TPSA) is 63.6 Å². The van der Waals surface area contributed by atoms with Gasteiger partial charge in [0.1, 0.15) is 0 Å². The second-order valence-corrected chi connectivity index (χ2v) is 5.86. The van der Waals surface area contributed by atoms with Crippen molar-refractivity contribution in [2.75, 3.05) is 13.4 Å². The molecule has 0 saturated carbocycles. The molecule has 2 atom stereocenters. The Kier molecular flexibility index (Phi) is 3.61. The fourth-order valence-electron chi connectivity index (χ4n) is 1.03. The van der Waals surface area contributed by atoms with Gasteiger partial charge >= 0.3 is 7.60 Å². The summed E-state index contributed by atoms with van der Waals surface area (Å²) in [5.74, 6) is 0. The van der Waals surface area contributed by atoms with Crippen LogP contribution in [0.3, 0.4) is 0 Å². The van der Waals surface area contributed by atoms with E-state index in [1.54, 1.807) is 18.2 Å². The Bertz CT molecular complexity index is 404. The minimum absolute atomic E-state index is 0.100. The van der Waals surface area contributed by atoms with Crippen molar-refractivity contribution in [3.05, 3.63) is 24.3 Å². The maximum absolute atomic E-state index is 11.5. The summed E-state index contributed by atoms with van der Waals surface area (Å²) in [6.45, 7) is 0. The molecule has 1 N–H and O–H groups in total. The predicted octanol–water partition coefficient (Wildman–Crippen LogP) is 0.881. The van der Waals surface area contributed by atoms with Crippen LogP contribution in [0.25, 0.3) is 0 Å². The van der Waals surface area contributed by atoms with Gasteiger partial charge in [0.05, 0.1) is 21.0 Å². The highest BCUT2D eigenvalue weighted by atomic mass is 32.2. The van der Waals surface area contributed by atoms with Crippen LogP contribution in [0.2, 0.25) is 0 Å². The molecular weight excluding hydrogens is 223 g/mol. The molecular formula is C8H11O4PS. The molecule has 14 heavy (non-hydrogen) atoms. The maximum atomic E-state index is 11.5. The molecule has 0 radical (unpaired) electrons. The summed E-state index contributed by atoms with van der Waals surface area (Å²) in [4.78, 5) is 9.76. The normalized spacial score (nSPS) is 17.4. The number of hydrogen-bond donors (Lipinski definition) is 1. The highest BCUT2D eigenvalue weighted by Crippen LogP contribution is 2.40. The van der Waals surface area contributed by atoms with E-state index in [4.69, 9.17) is 0 Å². The standard InChI is InChI=1S/C8H11O4PS/c1-12-13(9,10)7-5-3-4-6-8(7)14(2)11/h3-6H,1-2H3,(H,9,10). The number of hydrogen-bond acceptors (Lipinski definition) is 3. The van der Waals surface area contributed by atoms with E-state index in [2.05, 4.69) is 4.52 Å². The molecule has 0 aliphatic carbocycles. The van der Waals surface area contributed by atoms with Crippen LogP contribution in [0, 0.1) is 0 Å². The molecule has 0 aromatic heterocycles. The van der Waals surface area contributed by atoms with E-state index in [0.29, 0.717) is 4.90 Å². The largest absolute Gasteiger partial charge is 0.359 e. The molecule has 78 valence electrons. The van der Waals surface area contributed by atoms with Crippen molar-refractivity contribution in [2.24, 2.45) is 0 Å². The molecule has 6 heteroatoms. The molecule has 0 amide bonds. The molecule has 1 rings (SSSR count). The lowest BCUT2D eigenvalue weighted by Crippen LogP contribution is -2.12. The third-order valence-corrected chi connectivity index (χ3v) is 4.35. The van der Waals surface area contributed by atoms with Crippen LogP contribution in [0.5, 0.6) is 0 Å². The van der Waals surface area contributed by atoms with E-state index in [0.717, 1.165) is 7.11 Å². The van der Waals surface area contributed by atoms with Crippen LogP contribution in [-0.4, -0.2) is 22.5 Å². The highest BCUT2D eigenvalue weighted by Gasteiger charge is 2.25. The van der Waals surface area contributed by atoms with E-state index < -0.39 is 18.4 Å². The van der Waals surface area contributed by atoms with Crippen molar-refractivity contribution >= 4 is 23.7 Å². The summed E-state index contributed by atoms with van der Waals surface area (Å²) in [7, 11) is -3.96. The molecule has 4 nitrogen and oxygen atoms in total. The predicted molar refractivity (Wildman–Crippen MR) is 55.2 cm³/mol. The SMILES string of the molecule is COP(=O)(O)c1ccccc1S(C)=O. The van der Waals surface area contributed by atoms with Gasteiger partial charge in [0, 0.05) is 13.4 Å². The summed E-state index contributed by atoms with van der Waals surface area (Å²) in [6, 6.07) is 6.26. The van der Waals surface area contributed by atoms with Crippen LogP contribution < -0.4 is 5.30 Å². The van der Waals surface area contributed by atoms with Crippen LogP contribution in [-0.2, 0) is 19.9 Å². The van der Waals surface area contributed by atoms with Gasteiger partial charge in [-0.3, -0.25) is 8.77 Å². The van der Waals surface area contributed by atoms with Gasteiger partial charge in [-0.2, -0.15) is 0 Å². The second-order valence-electron chi connectivity index (χ2n) is 2.62. The molecule has 0 spiro atoms. The smallest absolute Gasteiger partial charge is 0.321 e. The van der Waals surface area contributed by atoms with Gasteiger partial charge in [0.25, 0.3) is 0 Å². The van der Waals surface area contributed by atoms with Crippen molar-refractivity contribution in [3.8, 4) is 0 Å². The van der Waals surface area contributed by atoms with Crippen molar-refractivity contribution in [1.29, 1.82) is 0 Å². The molecule has 0 aliphatic heterocycles. The van der Waals surface area contributed by atoms with Gasteiger partial charge in [-0.25, -0.2) is 0 Å². The van der Waals surface area contributed by atoms with E-state index in [-0.39, 0.29) is 5.30 Å². The summed E-state index contributed by atoms with van der Waals surface area (Å²) in [6.07, 6.45) is 1.45. The lowest BCUT2D eigenvalue weighted by molar-refractivity contribution is 0.327. The number of benzene rings is 1. The zero-order valence-corrected chi connectivity index (χ0v) is 9.55. The summed E-state index contributed by atoms with van der Waals surface area (Å²) in [5, 5.41) is 0.100. The lowest BCUT2D eigenvalue weighted by Gasteiger charge is -2.11. The third kappa shape index (κ3) is 2.30. The first-order chi connectivity index (χ1) is 6.49. The van der Waals surface area contributed by atoms with Gasteiger partial charge in [-0.15, -0.1) is 0 Å². The van der Waals surface area contributed by atoms with Gasteiger partial charge in [-0.05, 0) is 12.1 Å². The van der Waals surface area contributed by atoms with E-state index in [1.807, 2.05) is 0 Å². The molecule has 0 bridgehead atoms.